The van der Waals surface area contributed by atoms with Crippen molar-refractivity contribution in [1.82, 2.24) is 14.8 Å². The maximum absolute atomic E-state index is 4.17. The summed E-state index contributed by atoms with van der Waals surface area (Å²) in [6, 6.07) is 4.09. The Labute approximate surface area is 101 Å². The van der Waals surface area contributed by atoms with E-state index in [0.29, 0.717) is 0 Å². The number of aromatic nitrogens is 3. The van der Waals surface area contributed by atoms with E-state index in [-0.39, 0.29) is 5.54 Å². The van der Waals surface area contributed by atoms with Crippen molar-refractivity contribution in [3.8, 4) is 10.7 Å². The molecule has 0 amide bonds. The molecule has 80 valence electrons. The lowest BCUT2D eigenvalue weighted by Crippen LogP contribution is -2.21. The van der Waals surface area contributed by atoms with Crippen LogP contribution in [-0.4, -0.2) is 14.8 Å². The number of nitrogens with zero attached hydrogens (tertiary/aromatic N) is 3. The van der Waals surface area contributed by atoms with Gasteiger partial charge in [0.2, 0.25) is 0 Å². The van der Waals surface area contributed by atoms with E-state index in [1.54, 1.807) is 17.7 Å². The lowest BCUT2D eigenvalue weighted by molar-refractivity contribution is 0.400. The molecule has 0 saturated heterocycles. The zero-order chi connectivity index (χ0) is 11.1. The molecule has 2 aromatic rings. The smallest absolute Gasteiger partial charge is 0.174 e. The van der Waals surface area contributed by atoms with Gasteiger partial charge in [-0.3, -0.25) is 0 Å². The maximum atomic E-state index is 4.17. The Hall–Kier alpha value is -0.680. The van der Waals surface area contributed by atoms with E-state index in [9.17, 15) is 0 Å². The average Bonchev–Trinajstić information content (AvgIpc) is 2.68. The van der Waals surface area contributed by atoms with Crippen LogP contribution in [-0.2, 0) is 5.54 Å². The molecule has 0 aromatic carbocycles. The number of halogens is 1. The Bertz CT molecular complexity index is 467. The van der Waals surface area contributed by atoms with Crippen LogP contribution in [0.2, 0.25) is 0 Å². The summed E-state index contributed by atoms with van der Waals surface area (Å²) < 4.78 is 3.20. The van der Waals surface area contributed by atoms with Gasteiger partial charge in [0.15, 0.2) is 5.82 Å². The molecular weight excluding hydrogens is 274 g/mol. The van der Waals surface area contributed by atoms with Gasteiger partial charge in [-0.25, -0.2) is 0 Å². The summed E-state index contributed by atoms with van der Waals surface area (Å²) in [7, 11) is 0. The molecule has 0 N–H and O–H groups in total. The first-order chi connectivity index (χ1) is 6.98. The summed E-state index contributed by atoms with van der Waals surface area (Å²) in [5.41, 5.74) is 0.00923. The Balaban J connectivity index is 2.50. The van der Waals surface area contributed by atoms with Crippen molar-refractivity contribution in [3.05, 3.63) is 22.2 Å². The van der Waals surface area contributed by atoms with Crippen LogP contribution in [0.15, 0.2) is 22.2 Å². The van der Waals surface area contributed by atoms with Crippen molar-refractivity contribution < 1.29 is 0 Å². The number of thiophene rings is 1. The summed E-state index contributed by atoms with van der Waals surface area (Å²) in [6.07, 6.45) is 1.78. The SMILES string of the molecule is CC(C)(C)n1cnnc1-c1ccc(Br)s1. The van der Waals surface area contributed by atoms with E-state index in [0.717, 1.165) is 14.5 Å². The highest BCUT2D eigenvalue weighted by Crippen LogP contribution is 2.31. The minimum absolute atomic E-state index is 0.00923. The van der Waals surface area contributed by atoms with Gasteiger partial charge in [-0.1, -0.05) is 0 Å². The highest BCUT2D eigenvalue weighted by molar-refractivity contribution is 9.11. The van der Waals surface area contributed by atoms with Crippen molar-refractivity contribution in [2.45, 2.75) is 26.3 Å². The summed E-state index contributed by atoms with van der Waals surface area (Å²) in [5, 5.41) is 8.15. The van der Waals surface area contributed by atoms with Gasteiger partial charge in [-0.2, -0.15) is 0 Å². The Kier molecular flexibility index (Phi) is 2.68. The van der Waals surface area contributed by atoms with Crippen LogP contribution in [0.4, 0.5) is 0 Å². The van der Waals surface area contributed by atoms with Gasteiger partial charge in [0.25, 0.3) is 0 Å². The van der Waals surface area contributed by atoms with Gasteiger partial charge in [0, 0.05) is 5.54 Å². The van der Waals surface area contributed by atoms with Gasteiger partial charge in [-0.15, -0.1) is 21.5 Å². The lowest BCUT2D eigenvalue weighted by atomic mass is 10.1. The van der Waals surface area contributed by atoms with E-state index < -0.39 is 0 Å². The molecule has 0 radical (unpaired) electrons. The number of hydrogen-bond acceptors (Lipinski definition) is 3. The summed E-state index contributed by atoms with van der Waals surface area (Å²) in [5.74, 6) is 0.929. The first-order valence-corrected chi connectivity index (χ1v) is 6.25. The molecule has 0 bridgehead atoms. The third-order valence-corrected chi connectivity index (χ3v) is 3.68. The molecule has 2 heterocycles. The summed E-state index contributed by atoms with van der Waals surface area (Å²) >= 11 is 5.12. The van der Waals surface area contributed by atoms with Crippen molar-refractivity contribution in [1.29, 1.82) is 0 Å². The Morgan fingerprint density at radius 1 is 1.33 bits per heavy atom. The third kappa shape index (κ3) is 2.13. The molecule has 5 heteroatoms. The van der Waals surface area contributed by atoms with Gasteiger partial charge in [0.1, 0.15) is 6.33 Å². The molecule has 15 heavy (non-hydrogen) atoms. The largest absolute Gasteiger partial charge is 0.308 e. The molecule has 0 aliphatic carbocycles. The van der Waals surface area contributed by atoms with E-state index in [2.05, 4.69) is 57.5 Å². The van der Waals surface area contributed by atoms with Crippen molar-refractivity contribution in [3.63, 3.8) is 0 Å². The Morgan fingerprint density at radius 3 is 2.60 bits per heavy atom. The van der Waals surface area contributed by atoms with Crippen LogP contribution in [0.1, 0.15) is 20.8 Å². The van der Waals surface area contributed by atoms with Crippen molar-refractivity contribution in [2.75, 3.05) is 0 Å². The zero-order valence-corrected chi connectivity index (χ0v) is 11.3. The lowest BCUT2D eigenvalue weighted by Gasteiger charge is -2.21. The fourth-order valence-electron chi connectivity index (χ4n) is 1.33. The fraction of sp³-hybridized carbons (Fsp3) is 0.400. The van der Waals surface area contributed by atoms with Gasteiger partial charge >= 0.3 is 0 Å². The molecule has 2 aromatic heterocycles. The average molecular weight is 286 g/mol. The molecule has 0 spiro atoms. The van der Waals surface area contributed by atoms with E-state index in [1.165, 1.54) is 0 Å². The van der Waals surface area contributed by atoms with Gasteiger partial charge < -0.3 is 4.57 Å². The molecule has 0 aliphatic heterocycles. The zero-order valence-electron chi connectivity index (χ0n) is 8.86. The van der Waals surface area contributed by atoms with Crippen LogP contribution >= 0.6 is 27.3 Å². The van der Waals surface area contributed by atoms with Gasteiger partial charge in [0.05, 0.1) is 8.66 Å². The van der Waals surface area contributed by atoms with E-state index in [4.69, 9.17) is 0 Å². The van der Waals surface area contributed by atoms with E-state index in [1.807, 2.05) is 6.07 Å². The standard InChI is InChI=1S/C10H12BrN3S/c1-10(2,3)14-6-12-13-9(14)7-4-5-8(11)15-7/h4-6H,1-3H3. The summed E-state index contributed by atoms with van der Waals surface area (Å²) in [6.45, 7) is 6.42. The molecule has 0 fully saturated rings. The molecule has 0 atom stereocenters. The number of rotatable bonds is 1. The molecule has 3 nitrogen and oxygen atoms in total. The first-order valence-electron chi connectivity index (χ1n) is 4.65. The van der Waals surface area contributed by atoms with Crippen LogP contribution in [0.25, 0.3) is 10.7 Å². The first kappa shape index (κ1) is 10.8. The highest BCUT2D eigenvalue weighted by atomic mass is 79.9. The van der Waals surface area contributed by atoms with E-state index >= 15 is 0 Å². The third-order valence-electron chi connectivity index (χ3n) is 2.06. The minimum Gasteiger partial charge on any atom is -0.308 e. The second-order valence-corrected chi connectivity index (χ2v) is 6.76. The number of hydrogen-bond donors (Lipinski definition) is 0. The molecule has 0 unspecified atom stereocenters. The molecule has 0 saturated carbocycles. The monoisotopic (exact) mass is 285 g/mol. The van der Waals surface area contributed by atoms with Crippen molar-refractivity contribution >= 4 is 27.3 Å². The van der Waals surface area contributed by atoms with Crippen LogP contribution in [0.3, 0.4) is 0 Å². The summed E-state index contributed by atoms with van der Waals surface area (Å²) in [4.78, 5) is 1.13. The fourth-order valence-corrected chi connectivity index (χ4v) is 2.70. The van der Waals surface area contributed by atoms with Gasteiger partial charge in [-0.05, 0) is 48.8 Å². The normalized spacial score (nSPS) is 12.0. The highest BCUT2D eigenvalue weighted by Gasteiger charge is 2.19. The second kappa shape index (κ2) is 3.72. The topological polar surface area (TPSA) is 30.7 Å². The predicted octanol–water partition coefficient (Wildman–Crippen LogP) is 3.52. The van der Waals surface area contributed by atoms with Crippen LogP contribution in [0, 0.1) is 0 Å². The molecule has 0 aliphatic rings. The predicted molar refractivity (Wildman–Crippen MR) is 66.0 cm³/mol. The molecular formula is C10H12BrN3S. The maximum Gasteiger partial charge on any atom is 0.174 e. The minimum atomic E-state index is 0.00923. The second-order valence-electron chi connectivity index (χ2n) is 4.30. The quantitative estimate of drug-likeness (QED) is 0.803. The van der Waals surface area contributed by atoms with Crippen LogP contribution < -0.4 is 0 Å². The van der Waals surface area contributed by atoms with Crippen molar-refractivity contribution in [2.24, 2.45) is 0 Å². The Morgan fingerprint density at radius 2 is 2.07 bits per heavy atom. The van der Waals surface area contributed by atoms with Crippen LogP contribution in [0.5, 0.6) is 0 Å². The molecule has 2 rings (SSSR count).